The van der Waals surface area contributed by atoms with Gasteiger partial charge in [0.25, 0.3) is 0 Å². The molecule has 176 valence electrons. The molecule has 0 bridgehead atoms. The largest absolute Gasteiger partial charge is 0.384 e. The number of thiophene rings is 1. The number of ketones is 1. The highest BCUT2D eigenvalue weighted by Gasteiger charge is 2.40. The Labute approximate surface area is 213 Å². The van der Waals surface area contributed by atoms with Crippen LogP contribution in [-0.2, 0) is 28.0 Å². The molecular weight excluding hydrogens is 501 g/mol. The van der Waals surface area contributed by atoms with Gasteiger partial charge in [0.2, 0.25) is 0 Å². The SMILES string of the molecule is CC1(c2cc(Cl)c(Cl)c(Cl)c2)CC(c2sc(C(=O)CC3CCOCC3)c3c2CCCC3)=NO1. The van der Waals surface area contributed by atoms with Crippen LogP contribution in [0.2, 0.25) is 15.1 Å². The average Bonchev–Trinajstić information content (AvgIpc) is 3.40. The molecule has 1 aliphatic carbocycles. The van der Waals surface area contributed by atoms with Crippen LogP contribution in [0.1, 0.15) is 76.7 Å². The third kappa shape index (κ3) is 4.60. The van der Waals surface area contributed by atoms with Gasteiger partial charge in [0, 0.05) is 31.6 Å². The molecule has 0 amide bonds. The molecule has 1 saturated heterocycles. The molecule has 1 fully saturated rings. The summed E-state index contributed by atoms with van der Waals surface area (Å²) in [5.41, 5.74) is 3.58. The molecule has 0 saturated carbocycles. The number of hydrogen-bond acceptors (Lipinski definition) is 5. The first-order valence-electron chi connectivity index (χ1n) is 11.5. The van der Waals surface area contributed by atoms with Crippen LogP contribution in [0.15, 0.2) is 17.3 Å². The number of carbonyl (C=O) groups is 1. The van der Waals surface area contributed by atoms with Gasteiger partial charge in [0.15, 0.2) is 11.4 Å². The zero-order valence-electron chi connectivity index (χ0n) is 18.5. The second-order valence-electron chi connectivity index (χ2n) is 9.40. The zero-order chi connectivity index (χ0) is 23.2. The Kier molecular flexibility index (Phi) is 6.80. The Morgan fingerprint density at radius 2 is 1.79 bits per heavy atom. The van der Waals surface area contributed by atoms with Crippen LogP contribution in [0.5, 0.6) is 0 Å². The maximum Gasteiger partial charge on any atom is 0.173 e. The quantitative estimate of drug-likeness (QED) is 0.297. The topological polar surface area (TPSA) is 47.9 Å². The monoisotopic (exact) mass is 525 g/mol. The first-order chi connectivity index (χ1) is 15.9. The molecule has 0 radical (unpaired) electrons. The number of oxime groups is 1. The van der Waals surface area contributed by atoms with E-state index in [1.807, 2.05) is 6.92 Å². The molecule has 3 heterocycles. The number of Topliss-reactive ketones (excluding diaryl/α,β-unsaturated/α-hetero) is 1. The minimum atomic E-state index is -0.689. The van der Waals surface area contributed by atoms with E-state index in [-0.39, 0.29) is 5.78 Å². The summed E-state index contributed by atoms with van der Waals surface area (Å²) in [4.78, 5) is 21.3. The van der Waals surface area contributed by atoms with Gasteiger partial charge >= 0.3 is 0 Å². The fourth-order valence-electron chi connectivity index (χ4n) is 5.07. The summed E-state index contributed by atoms with van der Waals surface area (Å²) < 4.78 is 5.46. The summed E-state index contributed by atoms with van der Waals surface area (Å²) in [5, 5.41) is 5.62. The van der Waals surface area contributed by atoms with Crippen molar-refractivity contribution in [1.82, 2.24) is 0 Å². The van der Waals surface area contributed by atoms with Crippen molar-refractivity contribution >= 4 is 57.6 Å². The van der Waals surface area contributed by atoms with Gasteiger partial charge in [-0.1, -0.05) is 40.0 Å². The summed E-state index contributed by atoms with van der Waals surface area (Å²) in [7, 11) is 0. The van der Waals surface area contributed by atoms with Crippen molar-refractivity contribution in [2.45, 2.75) is 63.9 Å². The molecular formula is C25H26Cl3NO3S. The second-order valence-corrected chi connectivity index (χ2v) is 11.6. The molecule has 1 aromatic carbocycles. The second kappa shape index (κ2) is 9.50. The molecule has 8 heteroatoms. The van der Waals surface area contributed by atoms with Gasteiger partial charge in [-0.05, 0) is 74.6 Å². The van der Waals surface area contributed by atoms with Crippen molar-refractivity contribution in [3.05, 3.63) is 53.6 Å². The Morgan fingerprint density at radius 1 is 1.12 bits per heavy atom. The van der Waals surface area contributed by atoms with E-state index in [4.69, 9.17) is 44.4 Å². The molecule has 1 atom stereocenters. The van der Waals surface area contributed by atoms with Crippen LogP contribution in [0.25, 0.3) is 0 Å². The third-order valence-corrected chi connectivity index (χ3v) is 9.57. The van der Waals surface area contributed by atoms with Gasteiger partial charge in [-0.25, -0.2) is 0 Å². The summed E-state index contributed by atoms with van der Waals surface area (Å²) in [5.74, 6) is 0.695. The predicted molar refractivity (Wildman–Crippen MR) is 135 cm³/mol. The Morgan fingerprint density at radius 3 is 2.48 bits per heavy atom. The van der Waals surface area contributed by atoms with Gasteiger partial charge in [0.1, 0.15) is 5.71 Å². The number of hydrogen-bond donors (Lipinski definition) is 0. The van der Waals surface area contributed by atoms with Gasteiger partial charge in [-0.15, -0.1) is 11.3 Å². The maximum atomic E-state index is 13.3. The number of carbonyl (C=O) groups excluding carboxylic acids is 1. The summed E-state index contributed by atoms with van der Waals surface area (Å²) in [6.45, 7) is 3.51. The van der Waals surface area contributed by atoms with Crippen LogP contribution in [0, 0.1) is 5.92 Å². The lowest BCUT2D eigenvalue weighted by Gasteiger charge is -2.23. The minimum absolute atomic E-state index is 0.273. The van der Waals surface area contributed by atoms with Crippen LogP contribution < -0.4 is 0 Å². The number of ether oxygens (including phenoxy) is 1. The average molecular weight is 527 g/mol. The summed E-state index contributed by atoms with van der Waals surface area (Å²) in [6.07, 6.45) is 7.35. The van der Waals surface area contributed by atoms with Crippen molar-refractivity contribution in [3.8, 4) is 0 Å². The van der Waals surface area contributed by atoms with E-state index in [2.05, 4.69) is 5.16 Å². The Hall–Kier alpha value is -1.11. The fraction of sp³-hybridized carbons (Fsp3) is 0.520. The van der Waals surface area contributed by atoms with E-state index in [0.29, 0.717) is 33.8 Å². The highest BCUT2D eigenvalue weighted by Crippen LogP contribution is 2.44. The van der Waals surface area contributed by atoms with Crippen molar-refractivity contribution in [2.75, 3.05) is 13.2 Å². The number of halogens is 3. The first kappa shape index (κ1) is 23.6. The lowest BCUT2D eigenvalue weighted by molar-refractivity contribution is -0.00737. The van der Waals surface area contributed by atoms with E-state index in [1.165, 1.54) is 11.1 Å². The maximum absolute atomic E-state index is 13.3. The van der Waals surface area contributed by atoms with Crippen molar-refractivity contribution < 1.29 is 14.4 Å². The van der Waals surface area contributed by atoms with Crippen molar-refractivity contribution in [2.24, 2.45) is 11.1 Å². The zero-order valence-corrected chi connectivity index (χ0v) is 21.6. The van der Waals surface area contributed by atoms with Crippen molar-refractivity contribution in [1.29, 1.82) is 0 Å². The summed E-state index contributed by atoms with van der Waals surface area (Å²) >= 11 is 20.3. The summed E-state index contributed by atoms with van der Waals surface area (Å²) in [6, 6.07) is 3.59. The molecule has 5 rings (SSSR count). The molecule has 33 heavy (non-hydrogen) atoms. The van der Waals surface area contributed by atoms with Crippen LogP contribution in [0.4, 0.5) is 0 Å². The standard InChI is InChI=1S/C25H26Cl3NO3S/c1-25(15-11-18(26)22(28)19(27)12-15)13-20(29-32-25)23-16-4-2-3-5-17(16)24(33-23)21(30)10-14-6-8-31-9-7-14/h11-12,14H,2-10,13H2,1H3. The van der Waals surface area contributed by atoms with Crippen LogP contribution in [-0.4, -0.2) is 24.7 Å². The predicted octanol–water partition coefficient (Wildman–Crippen LogP) is 7.63. The highest BCUT2D eigenvalue weighted by molar-refractivity contribution is 7.16. The van der Waals surface area contributed by atoms with E-state index in [1.54, 1.807) is 23.5 Å². The van der Waals surface area contributed by atoms with E-state index < -0.39 is 5.60 Å². The Bertz CT molecular complexity index is 1100. The number of nitrogens with zero attached hydrogens (tertiary/aromatic N) is 1. The minimum Gasteiger partial charge on any atom is -0.384 e. The van der Waals surface area contributed by atoms with Gasteiger partial charge < -0.3 is 9.57 Å². The molecule has 0 N–H and O–H groups in total. The highest BCUT2D eigenvalue weighted by atomic mass is 35.5. The molecule has 2 aliphatic heterocycles. The van der Waals surface area contributed by atoms with Gasteiger partial charge in [-0.2, -0.15) is 0 Å². The molecule has 1 unspecified atom stereocenters. The number of benzene rings is 1. The van der Waals surface area contributed by atoms with Crippen molar-refractivity contribution in [3.63, 3.8) is 0 Å². The van der Waals surface area contributed by atoms with E-state index >= 15 is 0 Å². The smallest absolute Gasteiger partial charge is 0.173 e. The molecule has 3 aliphatic rings. The fourth-order valence-corrected chi connectivity index (χ4v) is 6.99. The third-order valence-electron chi connectivity index (χ3n) is 7.01. The van der Waals surface area contributed by atoms with Gasteiger partial charge in [-0.3, -0.25) is 4.79 Å². The van der Waals surface area contributed by atoms with E-state index in [0.717, 1.165) is 72.8 Å². The molecule has 0 spiro atoms. The van der Waals surface area contributed by atoms with Crippen LogP contribution >= 0.6 is 46.1 Å². The lowest BCUT2D eigenvalue weighted by Crippen LogP contribution is -2.22. The normalized spacial score (nSPS) is 23.2. The number of rotatable bonds is 5. The van der Waals surface area contributed by atoms with Gasteiger partial charge in [0.05, 0.1) is 24.8 Å². The first-order valence-corrected chi connectivity index (χ1v) is 13.5. The lowest BCUT2D eigenvalue weighted by atomic mass is 9.86. The molecule has 2 aromatic rings. The Balaban J connectivity index is 1.42. The molecule has 1 aromatic heterocycles. The number of fused-ring (bicyclic) bond motifs is 1. The molecule has 4 nitrogen and oxygen atoms in total. The van der Waals surface area contributed by atoms with E-state index in [9.17, 15) is 4.79 Å². The van der Waals surface area contributed by atoms with Crippen LogP contribution in [0.3, 0.4) is 0 Å².